The molecule has 0 spiro atoms. The maximum absolute atomic E-state index is 12.5. The Labute approximate surface area is 129 Å². The number of hydrogen-bond donors (Lipinski definition) is 2. The summed E-state index contributed by atoms with van der Waals surface area (Å²) in [5, 5.41) is 11.6. The van der Waals surface area contributed by atoms with E-state index >= 15 is 0 Å². The molecule has 5 heteroatoms. The van der Waals surface area contributed by atoms with Crippen LogP contribution in [0.5, 0.6) is 5.75 Å². The molecule has 5 nitrogen and oxygen atoms in total. The Morgan fingerprint density at radius 2 is 1.91 bits per heavy atom. The van der Waals surface area contributed by atoms with Gasteiger partial charge in [0.15, 0.2) is 6.61 Å². The van der Waals surface area contributed by atoms with Gasteiger partial charge in [-0.1, -0.05) is 0 Å². The van der Waals surface area contributed by atoms with Gasteiger partial charge < -0.3 is 15.2 Å². The molecule has 22 heavy (non-hydrogen) atoms. The fourth-order valence-electron chi connectivity index (χ4n) is 2.95. The molecule has 1 amide bonds. The molecule has 1 aromatic rings. The van der Waals surface area contributed by atoms with Crippen LogP contribution in [0.3, 0.4) is 0 Å². The molecule has 2 saturated carbocycles. The van der Waals surface area contributed by atoms with Gasteiger partial charge in [-0.2, -0.15) is 0 Å². The van der Waals surface area contributed by atoms with Crippen molar-refractivity contribution in [2.75, 3.05) is 11.9 Å². The third kappa shape index (κ3) is 3.59. The number of carboxylic acids is 1. The van der Waals surface area contributed by atoms with Gasteiger partial charge in [0.2, 0.25) is 5.91 Å². The molecule has 0 bridgehead atoms. The molecule has 118 valence electrons. The van der Waals surface area contributed by atoms with E-state index in [1.54, 1.807) is 18.2 Å². The first-order valence-corrected chi connectivity index (χ1v) is 7.80. The van der Waals surface area contributed by atoms with E-state index in [-0.39, 0.29) is 18.4 Å². The van der Waals surface area contributed by atoms with Crippen molar-refractivity contribution >= 4 is 17.6 Å². The molecule has 0 unspecified atom stereocenters. The molecule has 0 heterocycles. The van der Waals surface area contributed by atoms with Gasteiger partial charge in [0.25, 0.3) is 0 Å². The van der Waals surface area contributed by atoms with Crippen molar-refractivity contribution in [3.05, 3.63) is 23.8 Å². The second kappa shape index (κ2) is 5.99. The van der Waals surface area contributed by atoms with Crippen molar-refractivity contribution in [2.24, 2.45) is 17.8 Å². The van der Waals surface area contributed by atoms with Crippen LogP contribution >= 0.6 is 0 Å². The topological polar surface area (TPSA) is 75.6 Å². The summed E-state index contributed by atoms with van der Waals surface area (Å²) in [4.78, 5) is 23.0. The Morgan fingerprint density at radius 3 is 2.41 bits per heavy atom. The SMILES string of the molecule is Cc1cc(OCC(=O)O)ccc1NC(=O)C(C1CC1)C1CC1. The van der Waals surface area contributed by atoms with Crippen molar-refractivity contribution in [1.29, 1.82) is 0 Å². The fraction of sp³-hybridized carbons (Fsp3) is 0.529. The van der Waals surface area contributed by atoms with Gasteiger partial charge in [-0.15, -0.1) is 0 Å². The molecule has 1 aromatic carbocycles. The summed E-state index contributed by atoms with van der Waals surface area (Å²) in [6.07, 6.45) is 4.70. The van der Waals surface area contributed by atoms with Crippen LogP contribution in [0.15, 0.2) is 18.2 Å². The average molecular weight is 303 g/mol. The highest BCUT2D eigenvalue weighted by Gasteiger charge is 2.45. The van der Waals surface area contributed by atoms with Crippen LogP contribution in [0.25, 0.3) is 0 Å². The number of nitrogens with one attached hydrogen (secondary N) is 1. The van der Waals surface area contributed by atoms with Crippen LogP contribution in [0.2, 0.25) is 0 Å². The molecule has 0 atom stereocenters. The summed E-state index contributed by atoms with van der Waals surface area (Å²) in [5.74, 6) is 0.942. The van der Waals surface area contributed by atoms with Crippen molar-refractivity contribution in [3.63, 3.8) is 0 Å². The van der Waals surface area contributed by atoms with Gasteiger partial charge >= 0.3 is 5.97 Å². The lowest BCUT2D eigenvalue weighted by Gasteiger charge is -2.17. The van der Waals surface area contributed by atoms with Crippen LogP contribution < -0.4 is 10.1 Å². The Bertz CT molecular complexity index is 578. The van der Waals surface area contributed by atoms with Crippen LogP contribution in [0.1, 0.15) is 31.2 Å². The molecule has 2 aliphatic rings. The van der Waals surface area contributed by atoms with Crippen molar-refractivity contribution in [2.45, 2.75) is 32.6 Å². The predicted molar refractivity (Wildman–Crippen MR) is 81.9 cm³/mol. The van der Waals surface area contributed by atoms with E-state index in [9.17, 15) is 9.59 Å². The lowest BCUT2D eigenvalue weighted by molar-refractivity contribution is -0.139. The Balaban J connectivity index is 1.64. The smallest absolute Gasteiger partial charge is 0.341 e. The van der Waals surface area contributed by atoms with Gasteiger partial charge in [0, 0.05) is 11.6 Å². The number of benzene rings is 1. The van der Waals surface area contributed by atoms with Crippen molar-refractivity contribution in [3.8, 4) is 5.75 Å². The zero-order valence-corrected chi connectivity index (χ0v) is 12.7. The molecule has 0 radical (unpaired) electrons. The maximum Gasteiger partial charge on any atom is 0.341 e. The van der Waals surface area contributed by atoms with E-state index in [0.717, 1.165) is 11.3 Å². The summed E-state index contributed by atoms with van der Waals surface area (Å²) in [6, 6.07) is 5.22. The van der Waals surface area contributed by atoms with E-state index in [1.165, 1.54) is 25.7 Å². The van der Waals surface area contributed by atoms with E-state index in [4.69, 9.17) is 9.84 Å². The summed E-state index contributed by atoms with van der Waals surface area (Å²) in [7, 11) is 0. The highest BCUT2D eigenvalue weighted by atomic mass is 16.5. The highest BCUT2D eigenvalue weighted by molar-refractivity contribution is 5.94. The van der Waals surface area contributed by atoms with Crippen LogP contribution in [0, 0.1) is 24.7 Å². The van der Waals surface area contributed by atoms with Gasteiger partial charge in [0.1, 0.15) is 5.75 Å². The minimum Gasteiger partial charge on any atom is -0.482 e. The van der Waals surface area contributed by atoms with Crippen molar-refractivity contribution < 1.29 is 19.4 Å². The predicted octanol–water partition coefficient (Wildman–Crippen LogP) is 2.83. The van der Waals surface area contributed by atoms with Crippen LogP contribution in [-0.2, 0) is 9.59 Å². The monoisotopic (exact) mass is 303 g/mol. The van der Waals surface area contributed by atoms with E-state index in [2.05, 4.69) is 5.32 Å². The molecule has 2 N–H and O–H groups in total. The van der Waals surface area contributed by atoms with Crippen LogP contribution in [0.4, 0.5) is 5.69 Å². The third-order valence-corrected chi connectivity index (χ3v) is 4.38. The minimum atomic E-state index is -1.01. The lowest BCUT2D eigenvalue weighted by Crippen LogP contribution is -2.26. The molecule has 0 saturated heterocycles. The summed E-state index contributed by atoms with van der Waals surface area (Å²) < 4.78 is 5.14. The largest absolute Gasteiger partial charge is 0.482 e. The number of aliphatic carboxylic acids is 1. The highest BCUT2D eigenvalue weighted by Crippen LogP contribution is 2.49. The van der Waals surface area contributed by atoms with Crippen molar-refractivity contribution in [1.82, 2.24) is 0 Å². The molecule has 2 fully saturated rings. The van der Waals surface area contributed by atoms with E-state index in [1.807, 2.05) is 6.92 Å². The Morgan fingerprint density at radius 1 is 1.27 bits per heavy atom. The number of aryl methyl sites for hydroxylation is 1. The number of ether oxygens (including phenoxy) is 1. The lowest BCUT2D eigenvalue weighted by atomic mass is 9.96. The van der Waals surface area contributed by atoms with Gasteiger partial charge in [-0.3, -0.25) is 4.79 Å². The first kappa shape index (κ1) is 14.9. The fourth-order valence-corrected chi connectivity index (χ4v) is 2.95. The molecule has 2 aliphatic carbocycles. The van der Waals surface area contributed by atoms with Gasteiger partial charge in [-0.05, 0) is 68.2 Å². The first-order valence-electron chi connectivity index (χ1n) is 7.80. The summed E-state index contributed by atoms with van der Waals surface area (Å²) in [6.45, 7) is 1.52. The number of carboxylic acid groups (broad SMARTS) is 1. The van der Waals surface area contributed by atoms with E-state index in [0.29, 0.717) is 17.6 Å². The number of hydrogen-bond acceptors (Lipinski definition) is 3. The molecular weight excluding hydrogens is 282 g/mol. The molecule has 0 aliphatic heterocycles. The number of rotatable bonds is 7. The number of amides is 1. The number of carbonyl (C=O) groups excluding carboxylic acids is 1. The summed E-state index contributed by atoms with van der Waals surface area (Å²) >= 11 is 0. The second-order valence-electron chi connectivity index (χ2n) is 6.35. The van der Waals surface area contributed by atoms with Gasteiger partial charge in [-0.25, -0.2) is 4.79 Å². The molecule has 0 aromatic heterocycles. The second-order valence-corrected chi connectivity index (χ2v) is 6.35. The minimum absolute atomic E-state index is 0.132. The average Bonchev–Trinajstić information content (AvgIpc) is 3.33. The third-order valence-electron chi connectivity index (χ3n) is 4.38. The standard InChI is InChI=1S/C17H21NO4/c1-10-8-13(22-9-15(19)20)6-7-14(10)18-17(21)16(11-2-3-11)12-4-5-12/h6-8,11-12,16H,2-5,9H2,1H3,(H,18,21)(H,19,20). The Hall–Kier alpha value is -2.04. The quantitative estimate of drug-likeness (QED) is 0.812. The summed E-state index contributed by atoms with van der Waals surface area (Å²) in [5.41, 5.74) is 1.65. The molecule has 3 rings (SSSR count). The maximum atomic E-state index is 12.5. The Kier molecular flexibility index (Phi) is 4.05. The zero-order valence-electron chi connectivity index (χ0n) is 12.7. The first-order chi connectivity index (χ1) is 10.5. The van der Waals surface area contributed by atoms with Gasteiger partial charge in [0.05, 0.1) is 0 Å². The van der Waals surface area contributed by atoms with E-state index < -0.39 is 5.97 Å². The molecular formula is C17H21NO4. The number of carbonyl (C=O) groups is 2. The zero-order chi connectivity index (χ0) is 15.7. The van der Waals surface area contributed by atoms with Crippen LogP contribution in [-0.4, -0.2) is 23.6 Å². The number of anilines is 1. The normalized spacial score (nSPS) is 17.4.